The van der Waals surface area contributed by atoms with Gasteiger partial charge in [0.1, 0.15) is 0 Å². The van der Waals surface area contributed by atoms with Crippen LogP contribution in [0.2, 0.25) is 12.6 Å². The third-order valence-electron chi connectivity index (χ3n) is 5.19. The molecule has 0 amide bonds. The molecule has 0 fully saturated rings. The van der Waals surface area contributed by atoms with Crippen LogP contribution in [-0.4, -0.2) is 12.6 Å². The zero-order valence-electron chi connectivity index (χ0n) is 17.8. The summed E-state index contributed by atoms with van der Waals surface area (Å²) in [5.41, 5.74) is 12.0. The van der Waals surface area contributed by atoms with Crippen LogP contribution < -0.4 is 5.73 Å². The standard InChI is InChI=1S/C25H35BN2/c1-4-7-19-26(20-8-5-2)28-25(22-17-13-10-14-18-22)23(6-3)24(27)21-15-11-9-12-16-21/h9-18H,4-8,19-20,27H2,1-3H3. The van der Waals surface area contributed by atoms with E-state index in [0.29, 0.717) is 6.85 Å². The van der Waals surface area contributed by atoms with Gasteiger partial charge in [-0.2, -0.15) is 0 Å². The molecule has 148 valence electrons. The molecule has 0 spiro atoms. The molecule has 0 aliphatic rings. The number of allylic oxidation sites excluding steroid dienone is 1. The van der Waals surface area contributed by atoms with Gasteiger partial charge in [-0.05, 0) is 23.1 Å². The minimum atomic E-state index is 0.361. The normalized spacial score (nSPS) is 12.6. The van der Waals surface area contributed by atoms with E-state index in [-0.39, 0.29) is 0 Å². The van der Waals surface area contributed by atoms with E-state index in [9.17, 15) is 0 Å². The molecule has 28 heavy (non-hydrogen) atoms. The zero-order chi connectivity index (χ0) is 20.2. The summed E-state index contributed by atoms with van der Waals surface area (Å²) in [4.78, 5) is 5.32. The molecule has 0 saturated heterocycles. The molecule has 2 rings (SSSR count). The molecule has 0 heterocycles. The van der Waals surface area contributed by atoms with Crippen molar-refractivity contribution >= 4 is 18.3 Å². The second-order valence-electron chi connectivity index (χ2n) is 7.39. The van der Waals surface area contributed by atoms with Crippen LogP contribution in [0.15, 0.2) is 71.1 Å². The number of hydrogen-bond donors (Lipinski definition) is 1. The lowest BCUT2D eigenvalue weighted by Crippen LogP contribution is -2.18. The van der Waals surface area contributed by atoms with Gasteiger partial charge in [0.25, 0.3) is 6.85 Å². The summed E-state index contributed by atoms with van der Waals surface area (Å²) in [6.45, 7) is 7.05. The molecule has 0 atom stereocenters. The van der Waals surface area contributed by atoms with Gasteiger partial charge >= 0.3 is 0 Å². The Balaban J connectivity index is 2.53. The minimum absolute atomic E-state index is 0.361. The number of nitrogens with two attached hydrogens (primary N) is 1. The first-order valence-corrected chi connectivity index (χ1v) is 10.9. The van der Waals surface area contributed by atoms with Gasteiger partial charge < -0.3 is 10.6 Å². The fourth-order valence-electron chi connectivity index (χ4n) is 3.54. The number of unbranched alkanes of at least 4 members (excludes halogenated alkanes) is 2. The molecule has 2 aromatic rings. The second-order valence-corrected chi connectivity index (χ2v) is 7.39. The Morgan fingerprint density at radius 3 is 1.75 bits per heavy atom. The molecule has 0 bridgehead atoms. The third kappa shape index (κ3) is 6.40. The summed E-state index contributed by atoms with van der Waals surface area (Å²) in [6, 6.07) is 20.8. The highest BCUT2D eigenvalue weighted by Crippen LogP contribution is 2.23. The topological polar surface area (TPSA) is 38.4 Å². The largest absolute Gasteiger partial charge is 0.398 e. The van der Waals surface area contributed by atoms with E-state index in [4.69, 9.17) is 10.6 Å². The highest BCUT2D eigenvalue weighted by atomic mass is 14.7. The summed E-state index contributed by atoms with van der Waals surface area (Å²) in [5, 5.41) is 0. The van der Waals surface area contributed by atoms with Crippen LogP contribution >= 0.6 is 0 Å². The van der Waals surface area contributed by atoms with E-state index in [0.717, 1.165) is 47.2 Å². The Kier molecular flexibility index (Phi) is 9.61. The van der Waals surface area contributed by atoms with Crippen LogP contribution in [0, 0.1) is 0 Å². The number of rotatable bonds is 11. The maximum absolute atomic E-state index is 6.66. The number of nitrogens with zero attached hydrogens (tertiary/aromatic N) is 1. The average molecular weight is 374 g/mol. The molecule has 2 nitrogen and oxygen atoms in total. The number of hydrogen-bond acceptors (Lipinski definition) is 2. The molecule has 0 saturated carbocycles. The Morgan fingerprint density at radius 2 is 1.29 bits per heavy atom. The van der Waals surface area contributed by atoms with Gasteiger partial charge in [-0.1, -0.05) is 120 Å². The van der Waals surface area contributed by atoms with Crippen LogP contribution in [0.25, 0.3) is 5.70 Å². The van der Waals surface area contributed by atoms with Crippen LogP contribution in [0.4, 0.5) is 0 Å². The van der Waals surface area contributed by atoms with Crippen molar-refractivity contribution in [1.29, 1.82) is 0 Å². The first kappa shape index (κ1) is 22.0. The molecule has 0 radical (unpaired) electrons. The molecule has 2 N–H and O–H groups in total. The second kappa shape index (κ2) is 12.2. The summed E-state index contributed by atoms with van der Waals surface area (Å²) in [6.07, 6.45) is 8.02. The lowest BCUT2D eigenvalue weighted by Gasteiger charge is -2.17. The summed E-state index contributed by atoms with van der Waals surface area (Å²) < 4.78 is 0. The third-order valence-corrected chi connectivity index (χ3v) is 5.19. The zero-order valence-corrected chi connectivity index (χ0v) is 17.8. The van der Waals surface area contributed by atoms with Crippen LogP contribution in [0.3, 0.4) is 0 Å². The smallest absolute Gasteiger partial charge is 0.280 e. The number of benzene rings is 2. The maximum atomic E-state index is 6.66. The molecule has 0 aliphatic carbocycles. The van der Waals surface area contributed by atoms with Crippen molar-refractivity contribution in [2.24, 2.45) is 10.6 Å². The van der Waals surface area contributed by atoms with Crippen molar-refractivity contribution in [1.82, 2.24) is 0 Å². The van der Waals surface area contributed by atoms with Crippen molar-refractivity contribution in [2.45, 2.75) is 65.5 Å². The van der Waals surface area contributed by atoms with E-state index in [1.165, 1.54) is 25.7 Å². The summed E-state index contributed by atoms with van der Waals surface area (Å²) in [5.74, 6) is 0. The van der Waals surface area contributed by atoms with E-state index in [1.807, 2.05) is 18.2 Å². The maximum Gasteiger partial charge on any atom is 0.280 e. The molecule has 3 heteroatoms. The van der Waals surface area contributed by atoms with Gasteiger partial charge in [0, 0.05) is 5.70 Å². The van der Waals surface area contributed by atoms with Crippen LogP contribution in [-0.2, 0) is 0 Å². The van der Waals surface area contributed by atoms with Gasteiger partial charge in [0.2, 0.25) is 0 Å². The van der Waals surface area contributed by atoms with Gasteiger partial charge in [-0.3, -0.25) is 0 Å². The highest BCUT2D eigenvalue weighted by Gasteiger charge is 2.18. The van der Waals surface area contributed by atoms with E-state index < -0.39 is 0 Å². The molecule has 0 aliphatic heterocycles. The van der Waals surface area contributed by atoms with Crippen molar-refractivity contribution in [3.05, 3.63) is 77.4 Å². The molecular formula is C25H35BN2. The monoisotopic (exact) mass is 374 g/mol. The van der Waals surface area contributed by atoms with E-state index in [1.54, 1.807) is 0 Å². The average Bonchev–Trinajstić information content (AvgIpc) is 2.76. The van der Waals surface area contributed by atoms with E-state index in [2.05, 4.69) is 63.2 Å². The van der Waals surface area contributed by atoms with Gasteiger partial charge in [0.05, 0.1) is 5.71 Å². The summed E-state index contributed by atoms with van der Waals surface area (Å²) >= 11 is 0. The van der Waals surface area contributed by atoms with Crippen molar-refractivity contribution in [2.75, 3.05) is 0 Å². The van der Waals surface area contributed by atoms with Gasteiger partial charge in [-0.15, -0.1) is 0 Å². The highest BCUT2D eigenvalue weighted by molar-refractivity contribution is 6.59. The lowest BCUT2D eigenvalue weighted by molar-refractivity contribution is 0.839. The Hall–Kier alpha value is -2.29. The first-order chi connectivity index (χ1) is 13.7. The lowest BCUT2D eigenvalue weighted by atomic mass is 9.55. The van der Waals surface area contributed by atoms with E-state index >= 15 is 0 Å². The van der Waals surface area contributed by atoms with Crippen LogP contribution in [0.1, 0.15) is 64.0 Å². The van der Waals surface area contributed by atoms with Crippen molar-refractivity contribution in [3.63, 3.8) is 0 Å². The quantitative estimate of drug-likeness (QED) is 0.339. The van der Waals surface area contributed by atoms with Crippen LogP contribution in [0.5, 0.6) is 0 Å². The van der Waals surface area contributed by atoms with Crippen molar-refractivity contribution in [3.8, 4) is 0 Å². The van der Waals surface area contributed by atoms with Gasteiger partial charge in [-0.25, -0.2) is 0 Å². The van der Waals surface area contributed by atoms with Crippen molar-refractivity contribution < 1.29 is 0 Å². The predicted octanol–water partition coefficient (Wildman–Crippen LogP) is 6.85. The molecule has 0 aromatic heterocycles. The SMILES string of the molecule is CCCCB(CCCC)N=C(C(CC)=C(N)c1ccccc1)c1ccccc1. The fourth-order valence-corrected chi connectivity index (χ4v) is 3.54. The molecule has 0 unspecified atom stereocenters. The fraction of sp³-hybridized carbons (Fsp3) is 0.400. The Labute approximate surface area is 172 Å². The Morgan fingerprint density at radius 1 is 0.786 bits per heavy atom. The first-order valence-electron chi connectivity index (χ1n) is 10.9. The van der Waals surface area contributed by atoms with Gasteiger partial charge in [0.15, 0.2) is 0 Å². The minimum Gasteiger partial charge on any atom is -0.398 e. The Bertz CT molecular complexity index is 743. The molecular weight excluding hydrogens is 339 g/mol. The predicted molar refractivity (Wildman–Crippen MR) is 126 cm³/mol. The summed E-state index contributed by atoms with van der Waals surface area (Å²) in [7, 11) is 0. The molecule has 2 aromatic carbocycles.